The molecular weight excluding hydrogens is 256 g/mol. The average molecular weight is 271 g/mol. The van der Waals surface area contributed by atoms with E-state index in [0.717, 1.165) is 31.6 Å². The number of alkyl halides is 1. The van der Waals surface area contributed by atoms with Crippen LogP contribution in [0, 0.1) is 0 Å². The number of fused-ring (bicyclic) bond motifs is 1. The molecule has 2 heterocycles. The van der Waals surface area contributed by atoms with E-state index in [2.05, 4.69) is 27.5 Å². The van der Waals surface area contributed by atoms with Crippen molar-refractivity contribution in [2.45, 2.75) is 36.6 Å². The molecule has 2 aliphatic rings. The minimum atomic E-state index is -0.701. The van der Waals surface area contributed by atoms with Crippen molar-refractivity contribution in [1.82, 2.24) is 4.90 Å². The second-order valence-corrected chi connectivity index (χ2v) is 5.42. The number of aliphatic imine (C=N–C) groups is 1. The van der Waals surface area contributed by atoms with Crippen molar-refractivity contribution in [2.24, 2.45) is 4.99 Å². The van der Waals surface area contributed by atoms with Gasteiger partial charge in [0.25, 0.3) is 5.91 Å². The van der Waals surface area contributed by atoms with Crippen LogP contribution in [0.15, 0.2) is 17.6 Å². The summed E-state index contributed by atoms with van der Waals surface area (Å²) in [5.74, 6) is 1.05. The van der Waals surface area contributed by atoms with Gasteiger partial charge in [0.1, 0.15) is 10.2 Å². The molecule has 0 radical (unpaired) electrons. The van der Waals surface area contributed by atoms with Gasteiger partial charge in [0.15, 0.2) is 0 Å². The number of amides is 1. The second-order valence-electron chi connectivity index (χ2n) is 4.11. The molecule has 4 heteroatoms. The predicted octanol–water partition coefficient (Wildman–Crippen LogP) is 2.12. The Morgan fingerprint density at radius 2 is 2.40 bits per heavy atom. The normalized spacial score (nSPS) is 35.9. The average Bonchev–Trinajstić information content (AvgIpc) is 2.26. The van der Waals surface area contributed by atoms with Crippen molar-refractivity contribution in [1.29, 1.82) is 0 Å². The zero-order valence-electron chi connectivity index (χ0n) is 8.87. The van der Waals surface area contributed by atoms with E-state index in [1.807, 2.05) is 6.92 Å². The number of rotatable bonds is 1. The summed E-state index contributed by atoms with van der Waals surface area (Å²) < 4.78 is -0.701. The zero-order valence-corrected chi connectivity index (χ0v) is 10.5. The van der Waals surface area contributed by atoms with E-state index >= 15 is 0 Å². The Hall–Kier alpha value is -0.640. The first-order valence-corrected chi connectivity index (χ1v) is 6.10. The van der Waals surface area contributed by atoms with Gasteiger partial charge in [-0.05, 0) is 19.8 Å². The number of nitrogens with zero attached hydrogens (tertiary/aromatic N) is 2. The molecule has 2 unspecified atom stereocenters. The summed E-state index contributed by atoms with van der Waals surface area (Å²) in [7, 11) is 0. The molecule has 82 valence electrons. The Labute approximate surface area is 98.4 Å². The minimum absolute atomic E-state index is 0.0631. The lowest BCUT2D eigenvalue weighted by atomic mass is 9.95. The number of carbonyl (C=O) groups excluding carboxylic acids is 1. The van der Waals surface area contributed by atoms with Crippen molar-refractivity contribution in [2.75, 3.05) is 6.54 Å². The van der Waals surface area contributed by atoms with Gasteiger partial charge in [-0.25, -0.2) is 0 Å². The van der Waals surface area contributed by atoms with Crippen LogP contribution in [0.25, 0.3) is 0 Å². The lowest BCUT2D eigenvalue weighted by molar-refractivity contribution is -0.130. The first-order valence-electron chi connectivity index (χ1n) is 5.30. The fourth-order valence-corrected chi connectivity index (χ4v) is 2.45. The number of amidine groups is 1. The molecule has 15 heavy (non-hydrogen) atoms. The van der Waals surface area contributed by atoms with Crippen LogP contribution >= 0.6 is 15.9 Å². The highest BCUT2D eigenvalue weighted by molar-refractivity contribution is 9.10. The van der Waals surface area contributed by atoms with Crippen LogP contribution in [0.2, 0.25) is 0 Å². The summed E-state index contributed by atoms with van der Waals surface area (Å²) >= 11 is 3.47. The lowest BCUT2D eigenvalue weighted by Crippen LogP contribution is -2.57. The van der Waals surface area contributed by atoms with Gasteiger partial charge in [-0.3, -0.25) is 14.7 Å². The Kier molecular flexibility index (Phi) is 2.71. The number of piperidine rings is 1. The van der Waals surface area contributed by atoms with Crippen molar-refractivity contribution < 1.29 is 4.79 Å². The third-order valence-electron chi connectivity index (χ3n) is 3.16. The maximum Gasteiger partial charge on any atom is 0.250 e. The molecule has 2 rings (SSSR count). The fourth-order valence-electron chi connectivity index (χ4n) is 2.13. The summed E-state index contributed by atoms with van der Waals surface area (Å²) in [6, 6.07) is -0.0631. The second kappa shape index (κ2) is 3.74. The first kappa shape index (κ1) is 10.9. The van der Waals surface area contributed by atoms with Crippen LogP contribution in [-0.4, -0.2) is 33.6 Å². The maximum atomic E-state index is 12.2. The third kappa shape index (κ3) is 1.55. The highest BCUT2D eigenvalue weighted by Gasteiger charge is 2.46. The Morgan fingerprint density at radius 3 is 3.07 bits per heavy atom. The summed E-state index contributed by atoms with van der Waals surface area (Å²) in [6.45, 7) is 6.48. The third-order valence-corrected chi connectivity index (χ3v) is 4.49. The molecule has 1 fully saturated rings. The van der Waals surface area contributed by atoms with Gasteiger partial charge in [0.05, 0.1) is 6.04 Å². The van der Waals surface area contributed by atoms with Crippen LogP contribution in [0.1, 0.15) is 26.2 Å². The molecule has 0 saturated carbocycles. The van der Waals surface area contributed by atoms with Crippen molar-refractivity contribution in [3.63, 3.8) is 0 Å². The number of carbonyl (C=O) groups is 1. The van der Waals surface area contributed by atoms with Crippen molar-refractivity contribution in [3.8, 4) is 0 Å². The quantitative estimate of drug-likeness (QED) is 0.531. The van der Waals surface area contributed by atoms with E-state index in [4.69, 9.17) is 0 Å². The molecule has 0 spiro atoms. The smallest absolute Gasteiger partial charge is 0.250 e. The van der Waals surface area contributed by atoms with E-state index in [9.17, 15) is 4.79 Å². The Bertz CT molecular complexity index is 339. The molecule has 0 N–H and O–H groups in total. The molecule has 1 amide bonds. The summed E-state index contributed by atoms with van der Waals surface area (Å²) in [4.78, 5) is 18.6. The number of hydrogen-bond donors (Lipinski definition) is 0. The monoisotopic (exact) mass is 270 g/mol. The lowest BCUT2D eigenvalue weighted by Gasteiger charge is -2.41. The van der Waals surface area contributed by atoms with Crippen molar-refractivity contribution in [3.05, 3.63) is 12.7 Å². The highest BCUT2D eigenvalue weighted by Crippen LogP contribution is 2.34. The van der Waals surface area contributed by atoms with Crippen LogP contribution in [0.3, 0.4) is 0 Å². The molecule has 3 nitrogen and oxygen atoms in total. The molecule has 2 atom stereocenters. The predicted molar refractivity (Wildman–Crippen MR) is 64.3 cm³/mol. The molecule has 0 aromatic heterocycles. The van der Waals surface area contributed by atoms with Gasteiger partial charge in [0.2, 0.25) is 0 Å². The van der Waals surface area contributed by atoms with E-state index in [-0.39, 0.29) is 11.9 Å². The molecular formula is C11H15BrN2O. The fraction of sp³-hybridized carbons (Fsp3) is 0.636. The largest absolute Gasteiger partial charge is 0.299 e. The minimum Gasteiger partial charge on any atom is -0.299 e. The van der Waals surface area contributed by atoms with Crippen molar-refractivity contribution >= 4 is 27.7 Å². The van der Waals surface area contributed by atoms with Gasteiger partial charge >= 0.3 is 0 Å². The zero-order chi connectivity index (χ0) is 11.1. The molecule has 1 saturated heterocycles. The van der Waals surface area contributed by atoms with Gasteiger partial charge in [0, 0.05) is 13.0 Å². The molecule has 0 bridgehead atoms. The highest BCUT2D eigenvalue weighted by atomic mass is 79.9. The standard InChI is InChI=1S/C11H15BrN2O/c1-3-11(12)8(2)13-9-6-4-5-7-14(9)10(11)15/h3,8H,1,4-7H2,2H3. The van der Waals surface area contributed by atoms with Gasteiger partial charge in [-0.1, -0.05) is 22.0 Å². The molecule has 0 aromatic rings. The van der Waals surface area contributed by atoms with Gasteiger partial charge in [-0.2, -0.15) is 0 Å². The van der Waals surface area contributed by atoms with Crippen LogP contribution in [-0.2, 0) is 4.79 Å². The Balaban J connectivity index is 2.40. The number of hydrogen-bond acceptors (Lipinski definition) is 2. The molecule has 2 aliphatic heterocycles. The Morgan fingerprint density at radius 1 is 1.67 bits per heavy atom. The SMILES string of the molecule is C=CC1(Br)C(=O)N2CCCCC2=NC1C. The van der Waals surface area contributed by atoms with E-state index < -0.39 is 4.32 Å². The summed E-state index contributed by atoms with van der Waals surface area (Å²) in [5.41, 5.74) is 0. The van der Waals surface area contributed by atoms with Gasteiger partial charge < -0.3 is 0 Å². The van der Waals surface area contributed by atoms with Crippen LogP contribution < -0.4 is 0 Å². The van der Waals surface area contributed by atoms with Crippen LogP contribution in [0.5, 0.6) is 0 Å². The molecule has 0 aromatic carbocycles. The molecule has 0 aliphatic carbocycles. The summed E-state index contributed by atoms with van der Waals surface area (Å²) in [6.07, 6.45) is 4.79. The van der Waals surface area contributed by atoms with Crippen LogP contribution in [0.4, 0.5) is 0 Å². The maximum absolute atomic E-state index is 12.2. The van der Waals surface area contributed by atoms with E-state index in [1.165, 1.54) is 0 Å². The topological polar surface area (TPSA) is 32.7 Å². The first-order chi connectivity index (χ1) is 7.09. The van der Waals surface area contributed by atoms with E-state index in [0.29, 0.717) is 0 Å². The van der Waals surface area contributed by atoms with E-state index in [1.54, 1.807) is 11.0 Å². The number of halogens is 1. The van der Waals surface area contributed by atoms with Gasteiger partial charge in [-0.15, -0.1) is 6.58 Å². The summed E-state index contributed by atoms with van der Waals surface area (Å²) in [5, 5.41) is 0.